The third kappa shape index (κ3) is 3.83. The minimum atomic E-state index is -0.224. The van der Waals surface area contributed by atoms with Crippen molar-refractivity contribution in [2.24, 2.45) is 0 Å². The quantitative estimate of drug-likeness (QED) is 0.735. The highest BCUT2D eigenvalue weighted by molar-refractivity contribution is 5.92. The number of nitrogens with zero attached hydrogens (tertiary/aromatic N) is 5. The topological polar surface area (TPSA) is 87.1 Å². The van der Waals surface area contributed by atoms with Gasteiger partial charge >= 0.3 is 6.01 Å². The molecule has 0 spiro atoms. The van der Waals surface area contributed by atoms with E-state index in [2.05, 4.69) is 50.3 Å². The standard InChI is InChI=1S/C20H24N6O/c1-26(2)16-6-4-15(5-7-16)25-19-17-9-13(3-8-18(17)23-12-24-19)14-10-21-20(27)22-11-14/h3,8-12,15-16H,4-7H2,1-2H3,(H,21,22,27)(H,23,24,25). The zero-order chi connectivity index (χ0) is 18.8. The van der Waals surface area contributed by atoms with E-state index < -0.39 is 0 Å². The first kappa shape index (κ1) is 17.6. The SMILES string of the molecule is CN(C)C1CCC(Nc2ncnc3ccc(-c4cnc(O)nc4)cc23)CC1. The normalized spacial score (nSPS) is 20.1. The number of aromatic nitrogens is 4. The molecule has 7 heteroatoms. The zero-order valence-corrected chi connectivity index (χ0v) is 15.6. The number of benzene rings is 1. The van der Waals surface area contributed by atoms with Gasteiger partial charge < -0.3 is 15.3 Å². The molecular weight excluding hydrogens is 340 g/mol. The Morgan fingerprint density at radius 3 is 2.41 bits per heavy atom. The van der Waals surface area contributed by atoms with E-state index in [1.165, 1.54) is 12.8 Å². The maximum absolute atomic E-state index is 9.30. The fraction of sp³-hybridized carbons (Fsp3) is 0.400. The van der Waals surface area contributed by atoms with Crippen LogP contribution in [-0.2, 0) is 0 Å². The minimum Gasteiger partial charge on any atom is -0.479 e. The lowest BCUT2D eigenvalue weighted by atomic mass is 9.90. The highest BCUT2D eigenvalue weighted by Gasteiger charge is 2.23. The molecule has 4 rings (SSSR count). The number of fused-ring (bicyclic) bond motifs is 1. The van der Waals surface area contributed by atoms with Gasteiger partial charge in [0.05, 0.1) is 5.52 Å². The number of aromatic hydroxyl groups is 1. The van der Waals surface area contributed by atoms with Crippen LogP contribution in [0.2, 0.25) is 0 Å². The average molecular weight is 364 g/mol. The Bertz CT molecular complexity index is 919. The summed E-state index contributed by atoms with van der Waals surface area (Å²) in [6.07, 6.45) is 9.51. The second-order valence-corrected chi connectivity index (χ2v) is 7.34. The largest absolute Gasteiger partial charge is 0.479 e. The zero-order valence-electron chi connectivity index (χ0n) is 15.6. The fourth-order valence-corrected chi connectivity index (χ4v) is 3.75. The van der Waals surface area contributed by atoms with Crippen LogP contribution in [0.5, 0.6) is 6.01 Å². The monoisotopic (exact) mass is 364 g/mol. The van der Waals surface area contributed by atoms with E-state index >= 15 is 0 Å². The maximum atomic E-state index is 9.30. The molecule has 1 aliphatic rings. The molecule has 0 saturated heterocycles. The summed E-state index contributed by atoms with van der Waals surface area (Å²) in [4.78, 5) is 18.9. The predicted molar refractivity (Wildman–Crippen MR) is 106 cm³/mol. The van der Waals surface area contributed by atoms with Crippen LogP contribution in [0.3, 0.4) is 0 Å². The van der Waals surface area contributed by atoms with Crippen LogP contribution in [0.15, 0.2) is 36.9 Å². The smallest absolute Gasteiger partial charge is 0.313 e. The molecule has 1 saturated carbocycles. The first-order valence-corrected chi connectivity index (χ1v) is 9.29. The minimum absolute atomic E-state index is 0.224. The summed E-state index contributed by atoms with van der Waals surface area (Å²) < 4.78 is 0. The van der Waals surface area contributed by atoms with Crippen molar-refractivity contribution in [1.82, 2.24) is 24.8 Å². The third-order valence-corrected chi connectivity index (χ3v) is 5.37. The Morgan fingerprint density at radius 2 is 1.70 bits per heavy atom. The lowest BCUT2D eigenvalue weighted by Gasteiger charge is -2.33. The molecule has 2 heterocycles. The van der Waals surface area contributed by atoms with E-state index in [0.29, 0.717) is 12.1 Å². The summed E-state index contributed by atoms with van der Waals surface area (Å²) in [5.41, 5.74) is 2.71. The molecule has 3 aromatic rings. The molecule has 2 aromatic heterocycles. The van der Waals surface area contributed by atoms with Gasteiger partial charge in [0, 0.05) is 35.4 Å². The van der Waals surface area contributed by atoms with Gasteiger partial charge in [-0.15, -0.1) is 0 Å². The lowest BCUT2D eigenvalue weighted by molar-refractivity contribution is 0.221. The number of hydrogen-bond donors (Lipinski definition) is 2. The van der Waals surface area contributed by atoms with E-state index in [4.69, 9.17) is 0 Å². The van der Waals surface area contributed by atoms with Gasteiger partial charge in [-0.3, -0.25) is 0 Å². The molecule has 0 bridgehead atoms. The van der Waals surface area contributed by atoms with Crippen molar-refractivity contribution in [2.75, 3.05) is 19.4 Å². The first-order chi connectivity index (χ1) is 13.1. The molecule has 7 nitrogen and oxygen atoms in total. The van der Waals surface area contributed by atoms with E-state index in [1.807, 2.05) is 12.1 Å². The third-order valence-electron chi connectivity index (χ3n) is 5.37. The summed E-state index contributed by atoms with van der Waals surface area (Å²) in [5.74, 6) is 0.870. The van der Waals surface area contributed by atoms with Crippen molar-refractivity contribution in [1.29, 1.82) is 0 Å². The predicted octanol–water partition coefficient (Wildman–Crippen LogP) is 3.08. The van der Waals surface area contributed by atoms with Crippen molar-refractivity contribution in [3.8, 4) is 17.1 Å². The van der Waals surface area contributed by atoms with Gasteiger partial charge in [0.1, 0.15) is 12.1 Å². The number of nitrogens with one attached hydrogen (secondary N) is 1. The Labute approximate surface area is 158 Å². The lowest BCUT2D eigenvalue weighted by Crippen LogP contribution is -2.36. The van der Waals surface area contributed by atoms with E-state index in [0.717, 1.165) is 40.7 Å². The molecule has 0 aliphatic heterocycles. The molecule has 2 N–H and O–H groups in total. The van der Waals surface area contributed by atoms with Gasteiger partial charge in [-0.2, -0.15) is 0 Å². The summed E-state index contributed by atoms with van der Waals surface area (Å²) in [6, 6.07) is 6.90. The van der Waals surface area contributed by atoms with E-state index in [9.17, 15) is 5.11 Å². The van der Waals surface area contributed by atoms with Gasteiger partial charge in [-0.1, -0.05) is 6.07 Å². The number of rotatable bonds is 4. The van der Waals surface area contributed by atoms with Crippen molar-refractivity contribution in [2.45, 2.75) is 37.8 Å². The molecule has 0 unspecified atom stereocenters. The molecule has 0 radical (unpaired) electrons. The van der Waals surface area contributed by atoms with Crippen LogP contribution in [0, 0.1) is 0 Å². The van der Waals surface area contributed by atoms with Crippen molar-refractivity contribution < 1.29 is 5.11 Å². The van der Waals surface area contributed by atoms with Gasteiger partial charge in [0.25, 0.3) is 0 Å². The van der Waals surface area contributed by atoms with Crippen LogP contribution in [-0.4, -0.2) is 56.1 Å². The Hall–Kier alpha value is -2.80. The number of hydrogen-bond acceptors (Lipinski definition) is 7. The summed E-state index contributed by atoms with van der Waals surface area (Å²) in [7, 11) is 4.32. The van der Waals surface area contributed by atoms with Crippen LogP contribution in [0.1, 0.15) is 25.7 Å². The molecule has 0 atom stereocenters. The van der Waals surface area contributed by atoms with E-state index in [1.54, 1.807) is 18.7 Å². The van der Waals surface area contributed by atoms with Crippen LogP contribution in [0.25, 0.3) is 22.0 Å². The Kier molecular flexibility index (Phi) is 4.85. The molecule has 27 heavy (non-hydrogen) atoms. The second kappa shape index (κ2) is 7.44. The van der Waals surface area contributed by atoms with Gasteiger partial charge in [-0.05, 0) is 57.5 Å². The highest BCUT2D eigenvalue weighted by atomic mass is 16.3. The molecule has 1 fully saturated rings. The van der Waals surface area contributed by atoms with Crippen molar-refractivity contribution in [3.05, 3.63) is 36.9 Å². The fourth-order valence-electron chi connectivity index (χ4n) is 3.75. The molecule has 1 aromatic carbocycles. The van der Waals surface area contributed by atoms with Gasteiger partial charge in [-0.25, -0.2) is 19.9 Å². The van der Waals surface area contributed by atoms with Crippen LogP contribution >= 0.6 is 0 Å². The van der Waals surface area contributed by atoms with E-state index in [-0.39, 0.29) is 6.01 Å². The average Bonchev–Trinajstić information content (AvgIpc) is 2.69. The van der Waals surface area contributed by atoms with Gasteiger partial charge in [0.2, 0.25) is 0 Å². The summed E-state index contributed by atoms with van der Waals surface area (Å²) in [6.45, 7) is 0. The van der Waals surface area contributed by atoms with Gasteiger partial charge in [0.15, 0.2) is 0 Å². The molecule has 1 aliphatic carbocycles. The van der Waals surface area contributed by atoms with Crippen LogP contribution < -0.4 is 5.32 Å². The molecule has 140 valence electrons. The highest BCUT2D eigenvalue weighted by Crippen LogP contribution is 2.29. The number of anilines is 1. The Balaban J connectivity index is 1.59. The second-order valence-electron chi connectivity index (χ2n) is 7.34. The summed E-state index contributed by atoms with van der Waals surface area (Å²) in [5, 5.41) is 13.9. The Morgan fingerprint density at radius 1 is 0.963 bits per heavy atom. The molecular formula is C20H24N6O. The summed E-state index contributed by atoms with van der Waals surface area (Å²) >= 11 is 0. The van der Waals surface area contributed by atoms with Crippen molar-refractivity contribution in [3.63, 3.8) is 0 Å². The molecule has 0 amide bonds. The first-order valence-electron chi connectivity index (χ1n) is 9.29. The van der Waals surface area contributed by atoms with Crippen molar-refractivity contribution >= 4 is 16.7 Å². The van der Waals surface area contributed by atoms with Crippen LogP contribution in [0.4, 0.5) is 5.82 Å². The maximum Gasteiger partial charge on any atom is 0.313 e.